The summed E-state index contributed by atoms with van der Waals surface area (Å²) < 4.78 is 43.1. The molecule has 0 aliphatic carbocycles. The third-order valence-corrected chi connectivity index (χ3v) is 4.83. The summed E-state index contributed by atoms with van der Waals surface area (Å²) >= 11 is 0. The Morgan fingerprint density at radius 1 is 1.15 bits per heavy atom. The fourth-order valence-corrected chi connectivity index (χ4v) is 3.38. The highest BCUT2D eigenvalue weighted by atomic mass is 32.2. The number of nitrogens with one attached hydrogen (secondary N) is 1. The molecule has 0 saturated carbocycles. The Labute approximate surface area is 118 Å². The van der Waals surface area contributed by atoms with Crippen LogP contribution in [0.2, 0.25) is 0 Å². The number of rotatable bonds is 4. The third-order valence-electron chi connectivity index (χ3n) is 3.41. The van der Waals surface area contributed by atoms with E-state index in [4.69, 9.17) is 14.2 Å². The molecular formula is C13H17NO5S. The second kappa shape index (κ2) is 5.59. The van der Waals surface area contributed by atoms with Gasteiger partial charge in [0.25, 0.3) is 0 Å². The van der Waals surface area contributed by atoms with Gasteiger partial charge in [0.1, 0.15) is 13.2 Å². The highest BCUT2D eigenvalue weighted by Crippen LogP contribution is 2.32. The molecule has 1 atom stereocenters. The van der Waals surface area contributed by atoms with Crippen LogP contribution in [0.15, 0.2) is 23.1 Å². The predicted molar refractivity (Wildman–Crippen MR) is 71.5 cm³/mol. The van der Waals surface area contributed by atoms with E-state index < -0.39 is 10.0 Å². The fourth-order valence-electron chi connectivity index (χ4n) is 2.25. The van der Waals surface area contributed by atoms with Gasteiger partial charge < -0.3 is 14.2 Å². The Hall–Kier alpha value is -1.31. The van der Waals surface area contributed by atoms with E-state index >= 15 is 0 Å². The smallest absolute Gasteiger partial charge is 0.240 e. The van der Waals surface area contributed by atoms with Gasteiger partial charge in [0, 0.05) is 19.2 Å². The summed E-state index contributed by atoms with van der Waals surface area (Å²) in [5.74, 6) is 1.31. The van der Waals surface area contributed by atoms with Crippen molar-refractivity contribution in [3.63, 3.8) is 0 Å². The minimum absolute atomic E-state index is 0.195. The first-order valence-electron chi connectivity index (χ1n) is 6.62. The van der Waals surface area contributed by atoms with Crippen LogP contribution < -0.4 is 14.2 Å². The Balaban J connectivity index is 1.73. The normalized spacial score (nSPS) is 21.9. The average Bonchev–Trinajstić information content (AvgIpc) is 2.98. The van der Waals surface area contributed by atoms with E-state index in [1.54, 1.807) is 6.07 Å². The Bertz CT molecular complexity index is 580. The molecular weight excluding hydrogens is 282 g/mol. The van der Waals surface area contributed by atoms with E-state index in [2.05, 4.69) is 4.72 Å². The van der Waals surface area contributed by atoms with Gasteiger partial charge >= 0.3 is 0 Å². The maximum absolute atomic E-state index is 12.2. The molecule has 1 aromatic rings. The van der Waals surface area contributed by atoms with Crippen molar-refractivity contribution in [2.45, 2.75) is 11.3 Å². The minimum Gasteiger partial charge on any atom is -0.486 e. The first-order valence-corrected chi connectivity index (χ1v) is 8.10. The summed E-state index contributed by atoms with van der Waals surface area (Å²) in [5, 5.41) is 0. The highest BCUT2D eigenvalue weighted by molar-refractivity contribution is 7.89. The van der Waals surface area contributed by atoms with Gasteiger partial charge in [-0.15, -0.1) is 0 Å². The highest BCUT2D eigenvalue weighted by Gasteiger charge is 2.22. The number of fused-ring (bicyclic) bond motifs is 1. The summed E-state index contributed by atoms with van der Waals surface area (Å²) in [6.45, 7) is 2.64. The average molecular weight is 299 g/mol. The minimum atomic E-state index is -3.52. The van der Waals surface area contributed by atoms with E-state index in [1.807, 2.05) is 0 Å². The predicted octanol–water partition coefficient (Wildman–Crippen LogP) is 0.773. The lowest BCUT2D eigenvalue weighted by Crippen LogP contribution is -2.29. The maximum atomic E-state index is 12.2. The first-order chi connectivity index (χ1) is 9.65. The second-order valence-corrected chi connectivity index (χ2v) is 6.65. The summed E-state index contributed by atoms with van der Waals surface area (Å²) in [5.41, 5.74) is 0. The van der Waals surface area contributed by atoms with Crippen LogP contribution >= 0.6 is 0 Å². The van der Waals surface area contributed by atoms with Crippen LogP contribution in [0.3, 0.4) is 0 Å². The van der Waals surface area contributed by atoms with E-state index in [0.717, 1.165) is 6.42 Å². The van der Waals surface area contributed by atoms with Gasteiger partial charge in [0.2, 0.25) is 10.0 Å². The molecule has 1 unspecified atom stereocenters. The van der Waals surface area contributed by atoms with Gasteiger partial charge in [-0.25, -0.2) is 13.1 Å². The monoisotopic (exact) mass is 299 g/mol. The Kier molecular flexibility index (Phi) is 3.82. The zero-order valence-corrected chi connectivity index (χ0v) is 11.8. The van der Waals surface area contributed by atoms with E-state index in [1.165, 1.54) is 12.1 Å². The largest absolute Gasteiger partial charge is 0.486 e. The zero-order chi connectivity index (χ0) is 14.0. The van der Waals surface area contributed by atoms with E-state index in [9.17, 15) is 8.42 Å². The van der Waals surface area contributed by atoms with Crippen LogP contribution in [0.1, 0.15) is 6.42 Å². The maximum Gasteiger partial charge on any atom is 0.240 e. The molecule has 20 heavy (non-hydrogen) atoms. The number of hydrogen-bond donors (Lipinski definition) is 1. The number of sulfonamides is 1. The third kappa shape index (κ3) is 2.89. The molecule has 2 aliphatic rings. The van der Waals surface area contributed by atoms with Crippen molar-refractivity contribution in [1.29, 1.82) is 0 Å². The summed E-state index contributed by atoms with van der Waals surface area (Å²) in [6.07, 6.45) is 0.893. The van der Waals surface area contributed by atoms with Gasteiger partial charge in [-0.05, 0) is 24.5 Å². The van der Waals surface area contributed by atoms with Crippen LogP contribution in [0.5, 0.6) is 11.5 Å². The van der Waals surface area contributed by atoms with Crippen molar-refractivity contribution >= 4 is 10.0 Å². The molecule has 2 aliphatic heterocycles. The SMILES string of the molecule is O=S(=O)(NCC1CCOC1)c1ccc2c(c1)OCCO2. The van der Waals surface area contributed by atoms with Crippen LogP contribution in [0.4, 0.5) is 0 Å². The molecule has 1 aromatic carbocycles. The molecule has 1 saturated heterocycles. The molecule has 6 nitrogen and oxygen atoms in total. The van der Waals surface area contributed by atoms with Crippen molar-refractivity contribution in [2.75, 3.05) is 33.0 Å². The van der Waals surface area contributed by atoms with Crippen LogP contribution in [-0.2, 0) is 14.8 Å². The summed E-state index contributed by atoms with van der Waals surface area (Å²) in [7, 11) is -3.52. The van der Waals surface area contributed by atoms with Gasteiger partial charge in [0.15, 0.2) is 11.5 Å². The zero-order valence-electron chi connectivity index (χ0n) is 11.0. The lowest BCUT2D eigenvalue weighted by Gasteiger charge is -2.19. The van der Waals surface area contributed by atoms with Gasteiger partial charge in [-0.2, -0.15) is 0 Å². The van der Waals surface area contributed by atoms with Crippen molar-refractivity contribution in [2.24, 2.45) is 5.92 Å². The number of ether oxygens (including phenoxy) is 3. The first kappa shape index (κ1) is 13.7. The molecule has 1 fully saturated rings. The Morgan fingerprint density at radius 3 is 2.70 bits per heavy atom. The lowest BCUT2D eigenvalue weighted by atomic mass is 10.1. The number of hydrogen-bond acceptors (Lipinski definition) is 5. The molecule has 7 heteroatoms. The second-order valence-electron chi connectivity index (χ2n) is 4.89. The summed E-state index contributed by atoms with van der Waals surface area (Å²) in [6, 6.07) is 4.66. The fraction of sp³-hybridized carbons (Fsp3) is 0.538. The van der Waals surface area contributed by atoms with Gasteiger partial charge in [-0.3, -0.25) is 0 Å². The van der Waals surface area contributed by atoms with Crippen molar-refractivity contribution < 1.29 is 22.6 Å². The Morgan fingerprint density at radius 2 is 1.95 bits per heavy atom. The van der Waals surface area contributed by atoms with Crippen LogP contribution in [0.25, 0.3) is 0 Å². The van der Waals surface area contributed by atoms with Gasteiger partial charge in [-0.1, -0.05) is 0 Å². The van der Waals surface area contributed by atoms with Crippen LogP contribution in [0, 0.1) is 5.92 Å². The molecule has 0 radical (unpaired) electrons. The van der Waals surface area contributed by atoms with E-state index in [-0.39, 0.29) is 10.8 Å². The topological polar surface area (TPSA) is 73.9 Å². The van der Waals surface area contributed by atoms with Crippen molar-refractivity contribution in [3.8, 4) is 11.5 Å². The quantitative estimate of drug-likeness (QED) is 0.889. The van der Waals surface area contributed by atoms with Crippen LogP contribution in [-0.4, -0.2) is 41.4 Å². The molecule has 2 heterocycles. The lowest BCUT2D eigenvalue weighted by molar-refractivity contribution is 0.171. The van der Waals surface area contributed by atoms with Crippen molar-refractivity contribution in [3.05, 3.63) is 18.2 Å². The molecule has 0 amide bonds. The molecule has 3 rings (SSSR count). The molecule has 1 N–H and O–H groups in total. The van der Waals surface area contributed by atoms with E-state index in [0.29, 0.717) is 44.5 Å². The van der Waals surface area contributed by atoms with Crippen molar-refractivity contribution in [1.82, 2.24) is 4.72 Å². The van der Waals surface area contributed by atoms with Gasteiger partial charge in [0.05, 0.1) is 11.5 Å². The molecule has 0 bridgehead atoms. The molecule has 0 spiro atoms. The number of benzene rings is 1. The molecule has 0 aromatic heterocycles. The standard InChI is InChI=1S/C13H17NO5S/c15-20(16,14-8-10-3-4-17-9-10)11-1-2-12-13(7-11)19-6-5-18-12/h1-2,7,10,14H,3-6,8-9H2. The molecule has 110 valence electrons. The summed E-state index contributed by atoms with van der Waals surface area (Å²) in [4.78, 5) is 0.195.